The number of thiazole rings is 1. The molecule has 1 amide bonds. The van der Waals surface area contributed by atoms with E-state index in [0.29, 0.717) is 11.8 Å². The van der Waals surface area contributed by atoms with Gasteiger partial charge in [0.05, 0.1) is 16.6 Å². The summed E-state index contributed by atoms with van der Waals surface area (Å²) in [5, 5.41) is 19.1. The molecule has 8 heteroatoms. The van der Waals surface area contributed by atoms with Crippen molar-refractivity contribution in [3.8, 4) is 0 Å². The highest BCUT2D eigenvalue weighted by Crippen LogP contribution is 2.64. The third-order valence-corrected chi connectivity index (χ3v) is 11.3. The maximum Gasteiger partial charge on any atom is 0.232 e. The lowest BCUT2D eigenvalue weighted by atomic mass is 9.46. The van der Waals surface area contributed by atoms with Gasteiger partial charge in [0.1, 0.15) is 0 Å². The lowest BCUT2D eigenvalue weighted by Crippen LogP contribution is -2.60. The zero-order chi connectivity index (χ0) is 21.8. The highest BCUT2D eigenvalue weighted by molar-refractivity contribution is 7.14. The molecule has 8 aliphatic rings. The van der Waals surface area contributed by atoms with Gasteiger partial charge in [-0.3, -0.25) is 4.79 Å². The molecule has 0 radical (unpaired) electrons. The van der Waals surface area contributed by atoms with Crippen molar-refractivity contribution in [2.75, 3.05) is 5.32 Å². The topological polar surface area (TPSA) is 85.6 Å². The predicted octanol–water partition coefficient (Wildman–Crippen LogP) is 4.53. The molecule has 0 spiro atoms. The Morgan fingerprint density at radius 1 is 0.939 bits per heavy atom. The van der Waals surface area contributed by atoms with Gasteiger partial charge in [0.15, 0.2) is 11.5 Å². The zero-order valence-corrected chi connectivity index (χ0v) is 19.9. The van der Waals surface area contributed by atoms with E-state index in [1.54, 1.807) is 11.3 Å². The first-order valence-electron chi connectivity index (χ1n) is 13.0. The van der Waals surface area contributed by atoms with Gasteiger partial charge in [0.25, 0.3) is 0 Å². The lowest BCUT2D eigenvalue weighted by Gasteiger charge is -2.60. The molecular formula is C25H32N6OS. The molecular weight excluding hydrogens is 432 g/mol. The van der Waals surface area contributed by atoms with Gasteiger partial charge in [-0.2, -0.15) is 4.80 Å². The number of nitrogens with zero attached hydrogens (tertiary/aromatic N) is 5. The Morgan fingerprint density at radius 2 is 1.61 bits per heavy atom. The summed E-state index contributed by atoms with van der Waals surface area (Å²) in [5.41, 5.74) is 1.11. The number of carbonyl (C=O) groups is 1. The van der Waals surface area contributed by atoms with Crippen LogP contribution in [0.2, 0.25) is 0 Å². The molecule has 1 N–H and O–H groups in total. The van der Waals surface area contributed by atoms with Gasteiger partial charge in [-0.15, -0.1) is 21.5 Å². The quantitative estimate of drug-likeness (QED) is 0.718. The minimum atomic E-state index is -0.315. The Morgan fingerprint density at radius 3 is 2.24 bits per heavy atom. The number of hydrogen-bond donors (Lipinski definition) is 1. The maximum absolute atomic E-state index is 13.8. The average molecular weight is 465 g/mol. The van der Waals surface area contributed by atoms with E-state index in [1.165, 1.54) is 57.0 Å². The van der Waals surface area contributed by atoms with Crippen LogP contribution in [-0.2, 0) is 15.7 Å². The van der Waals surface area contributed by atoms with Crippen molar-refractivity contribution < 1.29 is 4.79 Å². The van der Waals surface area contributed by atoms with E-state index in [-0.39, 0.29) is 22.3 Å². The molecule has 8 saturated carbocycles. The number of rotatable bonds is 4. The third-order valence-electron chi connectivity index (χ3n) is 10.6. The summed E-state index contributed by atoms with van der Waals surface area (Å²) in [7, 11) is 0. The number of anilines is 1. The van der Waals surface area contributed by atoms with Crippen LogP contribution in [0.5, 0.6) is 0 Å². The summed E-state index contributed by atoms with van der Waals surface area (Å²) in [4.78, 5) is 20.7. The zero-order valence-electron chi connectivity index (χ0n) is 19.1. The van der Waals surface area contributed by atoms with Crippen LogP contribution < -0.4 is 5.32 Å². The van der Waals surface area contributed by atoms with Crippen LogP contribution in [0.1, 0.15) is 82.7 Å². The standard InChI is InChI=1S/C25H32N6OS/c32-21(24-8-18-4-19(9-24)11-25(10-18,13-24)31-27-14-26-30-31)29-22-28-20(12-33-22)23-5-15-1-16(6-23)3-17(2-15)7-23/h12,14-19H,1-11,13H2,(H,28,29,32)/t15?,16?,17?,18-,19-,23?,24?,25?/m1/s1. The van der Waals surface area contributed by atoms with E-state index in [1.807, 2.05) is 4.80 Å². The molecule has 0 aromatic carbocycles. The highest BCUT2D eigenvalue weighted by atomic mass is 32.1. The highest BCUT2D eigenvalue weighted by Gasteiger charge is 2.62. The second-order valence-corrected chi connectivity index (χ2v) is 13.7. The van der Waals surface area contributed by atoms with Crippen LogP contribution in [0, 0.1) is 35.0 Å². The molecule has 2 aromatic heterocycles. The SMILES string of the molecule is O=C(Nc1nc(C23CC4CC(CC(C4)C2)C3)cs1)C12C[C@H]3C[C@H](C1)CC(n1ncnn1)(C3)C2. The van der Waals surface area contributed by atoms with Crippen molar-refractivity contribution in [3.05, 3.63) is 17.4 Å². The Bertz CT molecular complexity index is 1060. The van der Waals surface area contributed by atoms with Crippen LogP contribution in [0.3, 0.4) is 0 Å². The molecule has 33 heavy (non-hydrogen) atoms. The van der Waals surface area contributed by atoms with Gasteiger partial charge >= 0.3 is 0 Å². The maximum atomic E-state index is 13.8. The first-order chi connectivity index (χ1) is 16.0. The first-order valence-corrected chi connectivity index (χ1v) is 13.9. The number of hydrogen-bond acceptors (Lipinski definition) is 6. The Balaban J connectivity index is 1.06. The largest absolute Gasteiger partial charge is 0.301 e. The summed E-state index contributed by atoms with van der Waals surface area (Å²) in [5.74, 6) is 4.08. The molecule has 8 aliphatic carbocycles. The molecule has 7 nitrogen and oxygen atoms in total. The molecule has 10 rings (SSSR count). The lowest BCUT2D eigenvalue weighted by molar-refractivity contribution is -0.152. The van der Waals surface area contributed by atoms with E-state index >= 15 is 0 Å². The summed E-state index contributed by atoms with van der Waals surface area (Å²) in [6.07, 6.45) is 16.1. The number of nitrogens with one attached hydrogen (secondary N) is 1. The summed E-state index contributed by atoms with van der Waals surface area (Å²) < 4.78 is 0. The molecule has 8 bridgehead atoms. The van der Waals surface area contributed by atoms with Gasteiger partial charge in [-0.25, -0.2) is 4.98 Å². The third kappa shape index (κ3) is 2.76. The molecule has 2 atom stereocenters. The fraction of sp³-hybridized carbons (Fsp3) is 0.800. The second kappa shape index (κ2) is 6.43. The monoisotopic (exact) mass is 464 g/mol. The van der Waals surface area contributed by atoms with Crippen molar-refractivity contribution >= 4 is 22.4 Å². The van der Waals surface area contributed by atoms with Gasteiger partial charge < -0.3 is 5.32 Å². The van der Waals surface area contributed by atoms with E-state index < -0.39 is 0 Å². The number of carbonyl (C=O) groups excluding carboxylic acids is 1. The summed E-state index contributed by atoms with van der Waals surface area (Å²) in [6.45, 7) is 0. The normalized spacial score (nSPS) is 46.7. The number of aromatic nitrogens is 5. The van der Waals surface area contributed by atoms with Crippen LogP contribution in [-0.4, -0.2) is 31.1 Å². The molecule has 0 saturated heterocycles. The number of tetrazole rings is 1. The van der Waals surface area contributed by atoms with Crippen molar-refractivity contribution in [2.45, 2.75) is 88.0 Å². The fourth-order valence-electron chi connectivity index (χ4n) is 10.3. The molecule has 8 fully saturated rings. The molecule has 0 aliphatic heterocycles. The van der Waals surface area contributed by atoms with E-state index in [2.05, 4.69) is 26.1 Å². The molecule has 0 unspecified atom stereocenters. The van der Waals surface area contributed by atoms with Gasteiger partial charge in [-0.05, 0) is 112 Å². The predicted molar refractivity (Wildman–Crippen MR) is 123 cm³/mol. The van der Waals surface area contributed by atoms with Crippen molar-refractivity contribution in [1.82, 2.24) is 25.2 Å². The minimum absolute atomic E-state index is 0.134. The smallest absolute Gasteiger partial charge is 0.232 e. The van der Waals surface area contributed by atoms with Crippen LogP contribution in [0.25, 0.3) is 0 Å². The molecule has 2 aromatic rings. The van der Waals surface area contributed by atoms with Gasteiger partial charge in [0, 0.05) is 10.8 Å². The van der Waals surface area contributed by atoms with Crippen LogP contribution >= 0.6 is 11.3 Å². The Labute approximate surface area is 198 Å². The molecule has 174 valence electrons. The van der Waals surface area contributed by atoms with Gasteiger partial charge in [0.2, 0.25) is 5.91 Å². The minimum Gasteiger partial charge on any atom is -0.301 e. The first kappa shape index (κ1) is 19.5. The average Bonchev–Trinajstić information content (AvgIpc) is 3.45. The van der Waals surface area contributed by atoms with Gasteiger partial charge in [-0.1, -0.05) is 0 Å². The van der Waals surface area contributed by atoms with Crippen molar-refractivity contribution in [2.24, 2.45) is 35.0 Å². The van der Waals surface area contributed by atoms with Crippen LogP contribution in [0.15, 0.2) is 11.7 Å². The number of amides is 1. The summed E-state index contributed by atoms with van der Waals surface area (Å²) >= 11 is 1.64. The Kier molecular flexibility index (Phi) is 3.80. The van der Waals surface area contributed by atoms with Crippen LogP contribution in [0.4, 0.5) is 5.13 Å². The Hall–Kier alpha value is -1.83. The molecule has 2 heterocycles. The summed E-state index contributed by atoms with van der Waals surface area (Å²) in [6, 6.07) is 0. The van der Waals surface area contributed by atoms with E-state index in [9.17, 15) is 4.79 Å². The fourth-order valence-corrected chi connectivity index (χ4v) is 11.2. The van der Waals surface area contributed by atoms with Crippen molar-refractivity contribution in [3.63, 3.8) is 0 Å². The van der Waals surface area contributed by atoms with E-state index in [0.717, 1.165) is 55.0 Å². The van der Waals surface area contributed by atoms with Crippen molar-refractivity contribution in [1.29, 1.82) is 0 Å². The second-order valence-electron chi connectivity index (χ2n) is 12.9. The van der Waals surface area contributed by atoms with E-state index in [4.69, 9.17) is 4.98 Å².